The van der Waals surface area contributed by atoms with Crippen LogP contribution in [-0.2, 0) is 24.3 Å². The zero-order valence-electron chi connectivity index (χ0n) is 7.44. The molecule has 0 N–H and O–H groups in total. The number of hydrogen-bond donors (Lipinski definition) is 0. The van der Waals surface area contributed by atoms with Gasteiger partial charge in [-0.2, -0.15) is 0 Å². The van der Waals surface area contributed by atoms with Gasteiger partial charge in [-0.3, -0.25) is 0 Å². The van der Waals surface area contributed by atoms with Gasteiger partial charge in [-0.05, 0) is 12.8 Å². The summed E-state index contributed by atoms with van der Waals surface area (Å²) in [7, 11) is 0. The van der Waals surface area contributed by atoms with Crippen molar-refractivity contribution < 1.29 is 24.3 Å². The number of rotatable bonds is 6. The van der Waals surface area contributed by atoms with Crippen molar-refractivity contribution in [1.82, 2.24) is 0 Å². The largest absolute Gasteiger partial charge is 0.375 e. The normalized spacial score (nSPS) is 32.3. The lowest BCUT2D eigenvalue weighted by molar-refractivity contribution is -0.522. The van der Waals surface area contributed by atoms with Gasteiger partial charge >= 0.3 is 0 Å². The zero-order chi connectivity index (χ0) is 8.93. The van der Waals surface area contributed by atoms with Crippen LogP contribution < -0.4 is 0 Å². The van der Waals surface area contributed by atoms with Gasteiger partial charge in [0.1, 0.15) is 13.2 Å². The third-order valence-corrected chi connectivity index (χ3v) is 2.19. The van der Waals surface area contributed by atoms with E-state index in [0.717, 1.165) is 26.1 Å². The molecule has 2 heterocycles. The van der Waals surface area contributed by atoms with E-state index in [0.29, 0.717) is 13.2 Å². The van der Waals surface area contributed by atoms with E-state index in [-0.39, 0.29) is 12.2 Å². The van der Waals surface area contributed by atoms with Gasteiger partial charge in [-0.15, -0.1) is 0 Å². The first-order valence-corrected chi connectivity index (χ1v) is 4.59. The van der Waals surface area contributed by atoms with Crippen molar-refractivity contribution >= 4 is 0 Å². The molecule has 0 amide bonds. The quantitative estimate of drug-likeness (QED) is 0.345. The molecule has 2 saturated heterocycles. The Morgan fingerprint density at radius 1 is 0.923 bits per heavy atom. The zero-order valence-corrected chi connectivity index (χ0v) is 7.44. The summed E-state index contributed by atoms with van der Waals surface area (Å²) in [6, 6.07) is 0. The molecule has 0 aliphatic carbocycles. The Bertz CT molecular complexity index is 127. The topological polar surface area (TPSA) is 46.2 Å². The fourth-order valence-electron chi connectivity index (χ4n) is 1.07. The van der Waals surface area contributed by atoms with E-state index < -0.39 is 0 Å². The monoisotopic (exact) mass is 190 g/mol. The minimum absolute atomic E-state index is 0.184. The van der Waals surface area contributed by atoms with Crippen molar-refractivity contribution in [2.75, 3.05) is 26.4 Å². The van der Waals surface area contributed by atoms with Gasteiger partial charge in [-0.1, -0.05) is 5.04 Å². The molecule has 2 aliphatic heterocycles. The molecule has 5 heteroatoms. The van der Waals surface area contributed by atoms with E-state index in [1.54, 1.807) is 0 Å². The molecule has 2 aliphatic rings. The van der Waals surface area contributed by atoms with Crippen molar-refractivity contribution in [1.29, 1.82) is 0 Å². The first kappa shape index (κ1) is 9.36. The van der Waals surface area contributed by atoms with E-state index >= 15 is 0 Å². The summed E-state index contributed by atoms with van der Waals surface area (Å²) in [5, 5.41) is 4.49. The van der Waals surface area contributed by atoms with E-state index in [1.807, 2.05) is 0 Å². The van der Waals surface area contributed by atoms with Crippen LogP contribution in [0.15, 0.2) is 0 Å². The molecule has 0 aromatic rings. The molecule has 0 radical (unpaired) electrons. The second-order valence-corrected chi connectivity index (χ2v) is 3.20. The minimum atomic E-state index is 0.184. The Morgan fingerprint density at radius 2 is 1.38 bits per heavy atom. The fourth-order valence-corrected chi connectivity index (χ4v) is 1.07. The Hall–Kier alpha value is -0.200. The Kier molecular flexibility index (Phi) is 3.51. The maximum Gasteiger partial charge on any atom is 0.112 e. The lowest BCUT2D eigenvalue weighted by atomic mass is 10.2. The standard InChI is InChI=1S/C8H14O5/c1-3-9-7(1)5-11-13-12-6-8-2-4-10-8/h7-8H,1-6H2. The van der Waals surface area contributed by atoms with Gasteiger partial charge in [0.15, 0.2) is 0 Å². The van der Waals surface area contributed by atoms with Gasteiger partial charge < -0.3 is 9.47 Å². The number of ether oxygens (including phenoxy) is 2. The van der Waals surface area contributed by atoms with Crippen LogP contribution in [0, 0.1) is 0 Å². The Morgan fingerprint density at radius 3 is 1.69 bits per heavy atom. The third kappa shape index (κ3) is 2.89. The molecular weight excluding hydrogens is 176 g/mol. The summed E-state index contributed by atoms with van der Waals surface area (Å²) in [4.78, 5) is 9.51. The van der Waals surface area contributed by atoms with Crippen molar-refractivity contribution in [2.24, 2.45) is 0 Å². The van der Waals surface area contributed by atoms with Crippen molar-refractivity contribution in [2.45, 2.75) is 25.0 Å². The molecule has 0 aromatic heterocycles. The van der Waals surface area contributed by atoms with Crippen LogP contribution >= 0.6 is 0 Å². The van der Waals surface area contributed by atoms with E-state index in [2.05, 4.69) is 5.04 Å². The predicted octanol–water partition coefficient (Wildman–Crippen LogP) is 0.444. The third-order valence-electron chi connectivity index (χ3n) is 2.19. The first-order chi connectivity index (χ1) is 6.45. The molecule has 0 aromatic carbocycles. The summed E-state index contributed by atoms with van der Waals surface area (Å²) in [6.45, 7) is 2.52. The second kappa shape index (κ2) is 4.88. The summed E-state index contributed by atoms with van der Waals surface area (Å²) in [6.07, 6.45) is 2.44. The summed E-state index contributed by atoms with van der Waals surface area (Å²) >= 11 is 0. The van der Waals surface area contributed by atoms with Gasteiger partial charge in [0.25, 0.3) is 0 Å². The second-order valence-electron chi connectivity index (χ2n) is 3.20. The molecule has 13 heavy (non-hydrogen) atoms. The maximum atomic E-state index is 5.11. The van der Waals surface area contributed by atoms with Crippen molar-refractivity contribution in [3.63, 3.8) is 0 Å². The van der Waals surface area contributed by atoms with Crippen LogP contribution in [-0.4, -0.2) is 38.6 Å². The highest BCUT2D eigenvalue weighted by Crippen LogP contribution is 2.12. The van der Waals surface area contributed by atoms with Crippen LogP contribution in [0.5, 0.6) is 0 Å². The maximum absolute atomic E-state index is 5.11. The van der Waals surface area contributed by atoms with Gasteiger partial charge in [0.2, 0.25) is 0 Å². The van der Waals surface area contributed by atoms with Crippen molar-refractivity contribution in [3.05, 3.63) is 0 Å². The van der Waals surface area contributed by atoms with Crippen LogP contribution in [0.1, 0.15) is 12.8 Å². The molecule has 5 nitrogen and oxygen atoms in total. The summed E-state index contributed by atoms with van der Waals surface area (Å²) in [5.41, 5.74) is 0. The average Bonchev–Trinajstić information content (AvgIpc) is 1.96. The van der Waals surface area contributed by atoms with Gasteiger partial charge in [-0.25, -0.2) is 9.78 Å². The molecule has 2 rings (SSSR count). The number of hydrogen-bond acceptors (Lipinski definition) is 5. The van der Waals surface area contributed by atoms with Crippen LogP contribution in [0.3, 0.4) is 0 Å². The van der Waals surface area contributed by atoms with Crippen molar-refractivity contribution in [3.8, 4) is 0 Å². The SMILES string of the molecule is C1CC(COOOCC2CCO2)O1. The van der Waals surface area contributed by atoms with Crippen LogP contribution in [0.2, 0.25) is 0 Å². The lowest BCUT2D eigenvalue weighted by Crippen LogP contribution is -2.33. The molecule has 2 unspecified atom stereocenters. The highest BCUT2D eigenvalue weighted by atomic mass is 17.5. The van der Waals surface area contributed by atoms with E-state index in [4.69, 9.17) is 19.2 Å². The molecule has 2 atom stereocenters. The molecule has 2 fully saturated rings. The van der Waals surface area contributed by atoms with Gasteiger partial charge in [0.05, 0.1) is 12.2 Å². The predicted molar refractivity (Wildman–Crippen MR) is 41.7 cm³/mol. The van der Waals surface area contributed by atoms with E-state index in [1.165, 1.54) is 0 Å². The molecule has 0 spiro atoms. The smallest absolute Gasteiger partial charge is 0.112 e. The fraction of sp³-hybridized carbons (Fsp3) is 1.00. The van der Waals surface area contributed by atoms with Crippen LogP contribution in [0.4, 0.5) is 0 Å². The van der Waals surface area contributed by atoms with E-state index in [9.17, 15) is 0 Å². The Labute approximate surface area is 76.7 Å². The molecular formula is C8H14O5. The lowest BCUT2D eigenvalue weighted by Gasteiger charge is -2.26. The Balaban J connectivity index is 1.36. The van der Waals surface area contributed by atoms with Gasteiger partial charge in [0, 0.05) is 13.2 Å². The summed E-state index contributed by atoms with van der Waals surface area (Å²) in [5.74, 6) is 0. The highest BCUT2D eigenvalue weighted by Gasteiger charge is 2.20. The van der Waals surface area contributed by atoms with Crippen LogP contribution in [0.25, 0.3) is 0 Å². The first-order valence-electron chi connectivity index (χ1n) is 4.59. The average molecular weight is 190 g/mol. The molecule has 76 valence electrons. The highest BCUT2D eigenvalue weighted by molar-refractivity contribution is 4.64. The molecule has 0 saturated carbocycles. The minimum Gasteiger partial charge on any atom is -0.375 e. The molecule has 0 bridgehead atoms. The summed E-state index contributed by atoms with van der Waals surface area (Å²) < 4.78 is 10.2.